The van der Waals surface area contributed by atoms with E-state index in [0.29, 0.717) is 28.7 Å². The molecule has 0 spiro atoms. The van der Waals surface area contributed by atoms with Crippen LogP contribution in [0, 0.1) is 5.82 Å². The summed E-state index contributed by atoms with van der Waals surface area (Å²) in [6, 6.07) is 7.17. The topological polar surface area (TPSA) is 70.7 Å². The number of benzene rings is 1. The van der Waals surface area contributed by atoms with Gasteiger partial charge in [0, 0.05) is 12.3 Å². The summed E-state index contributed by atoms with van der Waals surface area (Å²) >= 11 is 1.29. The van der Waals surface area contributed by atoms with Gasteiger partial charge in [0.25, 0.3) is 5.56 Å². The Bertz CT molecular complexity index is 899. The van der Waals surface area contributed by atoms with Gasteiger partial charge in [-0.05, 0) is 17.7 Å². The largest absolute Gasteiger partial charge is 0.381 e. The Balaban J connectivity index is 1.60. The number of nitrogens with zero attached hydrogens (tertiary/aromatic N) is 4. The van der Waals surface area contributed by atoms with Crippen molar-refractivity contribution in [1.29, 1.82) is 0 Å². The van der Waals surface area contributed by atoms with Crippen molar-refractivity contribution >= 4 is 21.4 Å². The third-order valence-corrected chi connectivity index (χ3v) is 4.70. The predicted molar refractivity (Wildman–Crippen MR) is 79.6 cm³/mol. The maximum atomic E-state index is 13.0. The molecule has 0 saturated carbocycles. The Labute approximate surface area is 128 Å². The summed E-state index contributed by atoms with van der Waals surface area (Å²) in [5.74, 6) is -0.333. The third kappa shape index (κ3) is 1.99. The van der Waals surface area contributed by atoms with E-state index in [4.69, 9.17) is 0 Å². The zero-order valence-corrected chi connectivity index (χ0v) is 12.1. The van der Waals surface area contributed by atoms with Crippen molar-refractivity contribution < 1.29 is 9.50 Å². The van der Waals surface area contributed by atoms with Crippen molar-refractivity contribution in [3.63, 3.8) is 0 Å². The summed E-state index contributed by atoms with van der Waals surface area (Å²) in [7, 11) is 0. The van der Waals surface area contributed by atoms with E-state index in [1.165, 1.54) is 40.2 Å². The van der Waals surface area contributed by atoms with E-state index in [1.807, 2.05) is 4.90 Å². The molecule has 1 aliphatic rings. The van der Waals surface area contributed by atoms with Crippen LogP contribution in [0.5, 0.6) is 0 Å². The lowest BCUT2D eigenvalue weighted by Gasteiger charge is -2.46. The van der Waals surface area contributed by atoms with Gasteiger partial charge in [0.1, 0.15) is 11.4 Å². The monoisotopic (exact) mass is 318 g/mol. The highest BCUT2D eigenvalue weighted by atomic mass is 32.1. The second-order valence-corrected chi connectivity index (χ2v) is 6.19. The molecule has 4 rings (SSSR count). The van der Waals surface area contributed by atoms with Gasteiger partial charge in [-0.3, -0.25) is 4.79 Å². The van der Waals surface area contributed by atoms with Crippen LogP contribution < -0.4 is 10.5 Å². The highest BCUT2D eigenvalue weighted by molar-refractivity contribution is 7.20. The van der Waals surface area contributed by atoms with Crippen molar-refractivity contribution in [3.8, 4) is 0 Å². The zero-order chi connectivity index (χ0) is 15.3. The summed E-state index contributed by atoms with van der Waals surface area (Å²) in [6.45, 7) is 0.681. The Morgan fingerprint density at radius 1 is 1.23 bits per heavy atom. The molecule has 0 radical (unpaired) electrons. The number of aliphatic hydroxyl groups is 1. The molecule has 1 aliphatic heterocycles. The molecule has 3 aromatic rings. The first-order valence-corrected chi connectivity index (χ1v) is 7.45. The van der Waals surface area contributed by atoms with Gasteiger partial charge in [-0.15, -0.1) is 5.10 Å². The second-order valence-electron chi connectivity index (χ2n) is 5.26. The zero-order valence-electron chi connectivity index (χ0n) is 11.3. The molecule has 0 aliphatic carbocycles. The number of anilines is 1. The number of fused-ring (bicyclic) bond motifs is 1. The molecule has 0 bridgehead atoms. The number of rotatable bonds is 2. The van der Waals surface area contributed by atoms with Crippen LogP contribution in [0.3, 0.4) is 0 Å². The molecule has 1 fully saturated rings. The Morgan fingerprint density at radius 2 is 1.95 bits per heavy atom. The van der Waals surface area contributed by atoms with Crippen LogP contribution in [0.15, 0.2) is 41.3 Å². The van der Waals surface area contributed by atoms with E-state index in [-0.39, 0.29) is 11.4 Å². The number of aromatic nitrogens is 3. The van der Waals surface area contributed by atoms with E-state index >= 15 is 0 Å². The maximum Gasteiger partial charge on any atom is 0.275 e. The number of hydrogen-bond acceptors (Lipinski definition) is 6. The molecule has 2 aromatic heterocycles. The van der Waals surface area contributed by atoms with Crippen LogP contribution in [0.2, 0.25) is 0 Å². The van der Waals surface area contributed by atoms with E-state index in [0.717, 1.165) is 0 Å². The minimum atomic E-state index is -1.02. The first kappa shape index (κ1) is 13.4. The molecule has 0 unspecified atom stereocenters. The van der Waals surface area contributed by atoms with Crippen LogP contribution in [-0.2, 0) is 5.60 Å². The second kappa shape index (κ2) is 4.59. The first-order valence-electron chi connectivity index (χ1n) is 6.63. The van der Waals surface area contributed by atoms with Gasteiger partial charge in [-0.2, -0.15) is 4.52 Å². The summed E-state index contributed by atoms with van der Waals surface area (Å²) in [5.41, 5.74) is -0.590. The van der Waals surface area contributed by atoms with E-state index in [2.05, 4.69) is 10.1 Å². The van der Waals surface area contributed by atoms with Gasteiger partial charge < -0.3 is 10.0 Å². The summed E-state index contributed by atoms with van der Waals surface area (Å²) in [6.07, 6.45) is 1.45. The maximum absolute atomic E-state index is 13.0. The number of hydrogen-bond donors (Lipinski definition) is 1. The SMILES string of the molecule is O=c1ccnc2sc(N3CC(O)(c4ccc(F)cc4)C3)nn12. The fraction of sp³-hybridized carbons (Fsp3) is 0.214. The first-order chi connectivity index (χ1) is 10.5. The standard InChI is InChI=1S/C14H11FN4O2S/c15-10-3-1-9(2-4-10)14(21)7-18(8-14)13-17-19-11(20)5-6-16-12(19)22-13/h1-6,21H,7-8H2. The Kier molecular flexibility index (Phi) is 2.78. The van der Waals surface area contributed by atoms with Gasteiger partial charge in [-0.1, -0.05) is 23.5 Å². The quantitative estimate of drug-likeness (QED) is 0.763. The molecular weight excluding hydrogens is 307 g/mol. The molecule has 3 heterocycles. The third-order valence-electron chi connectivity index (χ3n) is 3.72. The molecule has 1 N–H and O–H groups in total. The lowest BCUT2D eigenvalue weighted by atomic mass is 9.86. The smallest absolute Gasteiger partial charge is 0.275 e. The van der Waals surface area contributed by atoms with Crippen LogP contribution in [0.25, 0.3) is 4.96 Å². The van der Waals surface area contributed by atoms with Crippen LogP contribution >= 0.6 is 11.3 Å². The lowest BCUT2D eigenvalue weighted by molar-refractivity contribution is 0.00737. The molecule has 112 valence electrons. The fourth-order valence-corrected chi connectivity index (χ4v) is 3.40. The normalized spacial score (nSPS) is 16.7. The van der Waals surface area contributed by atoms with Crippen LogP contribution in [0.1, 0.15) is 5.56 Å². The highest BCUT2D eigenvalue weighted by Gasteiger charge is 2.44. The Hall–Kier alpha value is -2.32. The summed E-state index contributed by atoms with van der Waals surface area (Å²) in [4.78, 5) is 18.1. The fourth-order valence-electron chi connectivity index (χ4n) is 2.52. The molecule has 1 saturated heterocycles. The van der Waals surface area contributed by atoms with Crippen molar-refractivity contribution in [2.45, 2.75) is 5.60 Å². The summed E-state index contributed by atoms with van der Waals surface area (Å²) in [5, 5.41) is 15.4. The van der Waals surface area contributed by atoms with Gasteiger partial charge in [0.05, 0.1) is 13.1 Å². The van der Waals surface area contributed by atoms with Crippen LogP contribution in [0.4, 0.5) is 9.52 Å². The highest BCUT2D eigenvalue weighted by Crippen LogP contribution is 2.36. The summed E-state index contributed by atoms with van der Waals surface area (Å²) < 4.78 is 14.2. The van der Waals surface area contributed by atoms with Gasteiger partial charge in [0.2, 0.25) is 10.1 Å². The molecule has 6 nitrogen and oxygen atoms in total. The number of β-amino-alcohol motifs (C(OH)–C–C–N with tert-alkyl or cyclic N) is 1. The molecule has 0 atom stereocenters. The molecular formula is C14H11FN4O2S. The van der Waals surface area contributed by atoms with E-state index in [1.54, 1.807) is 12.1 Å². The number of halogens is 1. The van der Waals surface area contributed by atoms with Gasteiger partial charge >= 0.3 is 0 Å². The average molecular weight is 318 g/mol. The molecule has 8 heteroatoms. The van der Waals surface area contributed by atoms with E-state index in [9.17, 15) is 14.3 Å². The average Bonchev–Trinajstić information content (AvgIpc) is 2.90. The van der Waals surface area contributed by atoms with Crippen LogP contribution in [-0.4, -0.2) is 32.8 Å². The van der Waals surface area contributed by atoms with Crippen molar-refractivity contribution in [2.75, 3.05) is 18.0 Å². The molecule has 1 aromatic carbocycles. The van der Waals surface area contributed by atoms with Gasteiger partial charge in [-0.25, -0.2) is 9.37 Å². The lowest BCUT2D eigenvalue weighted by Crippen LogP contribution is -2.59. The van der Waals surface area contributed by atoms with Crippen molar-refractivity contribution in [1.82, 2.24) is 14.6 Å². The van der Waals surface area contributed by atoms with E-state index < -0.39 is 5.60 Å². The van der Waals surface area contributed by atoms with Crippen molar-refractivity contribution in [3.05, 3.63) is 58.3 Å². The molecule has 0 amide bonds. The minimum absolute atomic E-state index is 0.234. The van der Waals surface area contributed by atoms with Gasteiger partial charge in [0.15, 0.2) is 0 Å². The molecule has 22 heavy (non-hydrogen) atoms. The predicted octanol–water partition coefficient (Wildman–Crippen LogP) is 0.998. The van der Waals surface area contributed by atoms with Crippen molar-refractivity contribution in [2.24, 2.45) is 0 Å². The Morgan fingerprint density at radius 3 is 2.64 bits per heavy atom. The minimum Gasteiger partial charge on any atom is -0.381 e.